The molecule has 0 aliphatic rings. The first-order chi connectivity index (χ1) is 5.29. The zero-order valence-electron chi connectivity index (χ0n) is 7.66. The molecule has 2 nitrogen and oxygen atoms in total. The lowest BCUT2D eigenvalue weighted by Gasteiger charge is -2.03. The van der Waals surface area contributed by atoms with Gasteiger partial charge in [-0.1, -0.05) is 30.3 Å². The number of nitrogens with two attached hydrogens (primary N) is 1. The highest BCUT2D eigenvalue weighted by molar-refractivity contribution is 5.14. The molecule has 0 fully saturated rings. The number of hydrogen-bond donors (Lipinski definition) is 2. The molecule has 12 heavy (non-hydrogen) atoms. The van der Waals surface area contributed by atoms with Crippen LogP contribution < -0.4 is 11.9 Å². The molecule has 0 saturated heterocycles. The molecule has 0 aliphatic heterocycles. The largest absolute Gasteiger partial charge is 0.344 e. The van der Waals surface area contributed by atoms with Gasteiger partial charge in [-0.25, -0.2) is 0 Å². The number of rotatable bonds is 3. The van der Waals surface area contributed by atoms with E-state index in [2.05, 4.69) is 24.3 Å². The number of benzene rings is 1. The summed E-state index contributed by atoms with van der Waals surface area (Å²) in [6.45, 7) is 2.04. The smallest absolute Gasteiger partial charge is 0.00136 e. The summed E-state index contributed by atoms with van der Waals surface area (Å²) < 4.78 is 0. The first-order valence-corrected chi connectivity index (χ1v) is 4.08. The number of hydrogen-bond acceptors (Lipinski definition) is 2. The van der Waals surface area contributed by atoms with Gasteiger partial charge in [0.25, 0.3) is 0 Å². The molecular weight excluding hydrogens is 148 g/mol. The van der Waals surface area contributed by atoms with E-state index in [1.807, 2.05) is 13.0 Å². The first-order valence-electron chi connectivity index (χ1n) is 4.08. The second-order valence-corrected chi connectivity index (χ2v) is 3.00. The molecule has 68 valence electrons. The molecule has 0 radical (unpaired) electrons. The quantitative estimate of drug-likeness (QED) is 0.722. The fraction of sp³-hybridized carbons (Fsp3) is 0.400. The van der Waals surface area contributed by atoms with Crippen molar-refractivity contribution in [2.45, 2.75) is 25.8 Å². The number of aryl methyl sites for hydroxylation is 1. The Morgan fingerprint density at radius 2 is 1.83 bits per heavy atom. The van der Waals surface area contributed by atoms with E-state index in [4.69, 9.17) is 5.73 Å². The molecule has 0 amide bonds. The Balaban J connectivity index is 0.00000121. The van der Waals surface area contributed by atoms with Crippen LogP contribution in [0.3, 0.4) is 0 Å². The van der Waals surface area contributed by atoms with E-state index < -0.39 is 0 Å². The summed E-state index contributed by atoms with van der Waals surface area (Å²) >= 11 is 0. The summed E-state index contributed by atoms with van der Waals surface area (Å²) in [5, 5.41) is 0. The van der Waals surface area contributed by atoms with E-state index in [9.17, 15) is 0 Å². The second kappa shape index (κ2) is 5.75. The standard InChI is InChI=1S/C10H15N.H3N/c1-9(11)7-8-10-5-3-2-4-6-10;/h2-6,9H,7-8,11H2,1H3;1H3. The summed E-state index contributed by atoms with van der Waals surface area (Å²) in [6.07, 6.45) is 2.17. The SMILES string of the molecule is CC(N)CCc1ccccc1.N. The molecule has 2 heteroatoms. The highest BCUT2D eigenvalue weighted by Gasteiger charge is 1.94. The van der Waals surface area contributed by atoms with Crippen molar-refractivity contribution in [3.63, 3.8) is 0 Å². The molecule has 0 heterocycles. The van der Waals surface area contributed by atoms with Gasteiger partial charge < -0.3 is 11.9 Å². The van der Waals surface area contributed by atoms with Gasteiger partial charge in [0.2, 0.25) is 0 Å². The molecule has 1 aromatic rings. The van der Waals surface area contributed by atoms with E-state index in [0.29, 0.717) is 6.04 Å². The van der Waals surface area contributed by atoms with Crippen molar-refractivity contribution in [1.82, 2.24) is 6.15 Å². The summed E-state index contributed by atoms with van der Waals surface area (Å²) in [6, 6.07) is 10.8. The van der Waals surface area contributed by atoms with E-state index in [1.165, 1.54) is 5.56 Å². The molecule has 1 atom stereocenters. The third-order valence-electron chi connectivity index (χ3n) is 1.73. The molecule has 0 bridgehead atoms. The maximum absolute atomic E-state index is 5.64. The van der Waals surface area contributed by atoms with E-state index in [-0.39, 0.29) is 6.15 Å². The van der Waals surface area contributed by atoms with E-state index in [0.717, 1.165) is 12.8 Å². The predicted octanol–water partition coefficient (Wildman–Crippen LogP) is 2.13. The third kappa shape index (κ3) is 4.11. The van der Waals surface area contributed by atoms with Crippen molar-refractivity contribution in [3.05, 3.63) is 35.9 Å². The van der Waals surface area contributed by atoms with Gasteiger partial charge in [-0.3, -0.25) is 0 Å². The van der Waals surface area contributed by atoms with Gasteiger partial charge in [-0.05, 0) is 25.3 Å². The van der Waals surface area contributed by atoms with Crippen LogP contribution >= 0.6 is 0 Å². The van der Waals surface area contributed by atoms with Crippen LogP contribution in [0.15, 0.2) is 30.3 Å². The Morgan fingerprint density at radius 1 is 1.25 bits per heavy atom. The van der Waals surface area contributed by atoms with Crippen LogP contribution in [0, 0.1) is 0 Å². The molecule has 1 rings (SSSR count). The highest BCUT2D eigenvalue weighted by atomic mass is 14.6. The second-order valence-electron chi connectivity index (χ2n) is 3.00. The summed E-state index contributed by atoms with van der Waals surface area (Å²) in [7, 11) is 0. The summed E-state index contributed by atoms with van der Waals surface area (Å²) in [5.41, 5.74) is 7.02. The van der Waals surface area contributed by atoms with E-state index in [1.54, 1.807) is 0 Å². The van der Waals surface area contributed by atoms with Crippen molar-refractivity contribution >= 4 is 0 Å². The molecule has 5 N–H and O–H groups in total. The van der Waals surface area contributed by atoms with Crippen LogP contribution in [-0.2, 0) is 6.42 Å². The van der Waals surface area contributed by atoms with E-state index >= 15 is 0 Å². The lowest BCUT2D eigenvalue weighted by atomic mass is 10.1. The summed E-state index contributed by atoms with van der Waals surface area (Å²) in [5.74, 6) is 0. The van der Waals surface area contributed by atoms with Crippen molar-refractivity contribution in [3.8, 4) is 0 Å². The maximum atomic E-state index is 5.64. The van der Waals surface area contributed by atoms with Crippen molar-refractivity contribution in [2.24, 2.45) is 5.73 Å². The van der Waals surface area contributed by atoms with Crippen molar-refractivity contribution in [2.75, 3.05) is 0 Å². The first kappa shape index (κ1) is 11.1. The summed E-state index contributed by atoms with van der Waals surface area (Å²) in [4.78, 5) is 0. The minimum Gasteiger partial charge on any atom is -0.344 e. The molecule has 0 aromatic heterocycles. The minimum absolute atomic E-state index is 0. The highest BCUT2D eigenvalue weighted by Crippen LogP contribution is 2.02. The predicted molar refractivity (Wildman–Crippen MR) is 53.4 cm³/mol. The van der Waals surface area contributed by atoms with Gasteiger partial charge in [-0.15, -0.1) is 0 Å². The molecule has 0 aliphatic carbocycles. The van der Waals surface area contributed by atoms with Gasteiger partial charge in [0.15, 0.2) is 0 Å². The van der Waals surface area contributed by atoms with Crippen LogP contribution in [0.25, 0.3) is 0 Å². The molecular formula is C10H18N2. The monoisotopic (exact) mass is 166 g/mol. The third-order valence-corrected chi connectivity index (χ3v) is 1.73. The van der Waals surface area contributed by atoms with Gasteiger partial charge in [0.1, 0.15) is 0 Å². The molecule has 1 unspecified atom stereocenters. The Hall–Kier alpha value is -0.860. The fourth-order valence-electron chi connectivity index (χ4n) is 1.04. The molecule has 1 aromatic carbocycles. The van der Waals surface area contributed by atoms with Crippen LogP contribution in [0.5, 0.6) is 0 Å². The zero-order valence-corrected chi connectivity index (χ0v) is 7.66. The lowest BCUT2D eigenvalue weighted by Crippen LogP contribution is -2.15. The fourth-order valence-corrected chi connectivity index (χ4v) is 1.04. The average molecular weight is 166 g/mol. The van der Waals surface area contributed by atoms with Crippen molar-refractivity contribution < 1.29 is 0 Å². The van der Waals surface area contributed by atoms with Gasteiger partial charge in [0, 0.05) is 6.04 Å². The Labute approximate surface area is 74.4 Å². The maximum Gasteiger partial charge on any atom is 0.00136 e. The van der Waals surface area contributed by atoms with Crippen molar-refractivity contribution in [1.29, 1.82) is 0 Å². The van der Waals surface area contributed by atoms with Crippen LogP contribution in [0.4, 0.5) is 0 Å². The average Bonchev–Trinajstić information content (AvgIpc) is 2.03. The molecule has 0 spiro atoms. The zero-order chi connectivity index (χ0) is 8.10. The Kier molecular flexibility index (Phi) is 5.34. The van der Waals surface area contributed by atoms with Crippen LogP contribution in [0.2, 0.25) is 0 Å². The Morgan fingerprint density at radius 3 is 2.33 bits per heavy atom. The van der Waals surface area contributed by atoms with Gasteiger partial charge in [-0.2, -0.15) is 0 Å². The van der Waals surface area contributed by atoms with Gasteiger partial charge in [0.05, 0.1) is 0 Å². The molecule has 0 saturated carbocycles. The van der Waals surface area contributed by atoms with Crippen LogP contribution in [0.1, 0.15) is 18.9 Å². The topological polar surface area (TPSA) is 61.0 Å². The minimum atomic E-state index is 0. The van der Waals surface area contributed by atoms with Gasteiger partial charge >= 0.3 is 0 Å². The van der Waals surface area contributed by atoms with Crippen LogP contribution in [-0.4, -0.2) is 6.04 Å². The lowest BCUT2D eigenvalue weighted by molar-refractivity contribution is 0.666. The normalized spacial score (nSPS) is 11.8. The Bertz CT molecular complexity index is 194.